The average molecular weight is 365 g/mol. The zero-order chi connectivity index (χ0) is 19.7. The molecule has 2 aromatic rings. The molecule has 0 unspecified atom stereocenters. The molecule has 1 amide bonds. The van der Waals surface area contributed by atoms with Crippen LogP contribution < -0.4 is 0 Å². The van der Waals surface area contributed by atoms with Crippen molar-refractivity contribution in [1.29, 1.82) is 0 Å². The first-order valence-electron chi connectivity index (χ1n) is 9.40. The summed E-state index contributed by atoms with van der Waals surface area (Å²) in [5.41, 5.74) is 8.31. The van der Waals surface area contributed by atoms with Gasteiger partial charge in [0.05, 0.1) is 5.56 Å². The van der Waals surface area contributed by atoms with Crippen molar-refractivity contribution in [3.63, 3.8) is 0 Å². The second-order valence-corrected chi connectivity index (χ2v) is 7.41. The topological polar surface area (TPSA) is 46.6 Å². The van der Waals surface area contributed by atoms with Gasteiger partial charge in [-0.2, -0.15) is 0 Å². The number of esters is 1. The van der Waals surface area contributed by atoms with E-state index < -0.39 is 5.97 Å². The predicted molar refractivity (Wildman–Crippen MR) is 106 cm³/mol. The summed E-state index contributed by atoms with van der Waals surface area (Å²) in [5.74, 6) is -0.560. The largest absolute Gasteiger partial charge is 0.452 e. The van der Waals surface area contributed by atoms with Crippen LogP contribution in [-0.4, -0.2) is 29.9 Å². The molecule has 0 aromatic heterocycles. The first-order chi connectivity index (χ1) is 12.8. The first kappa shape index (κ1) is 19.2. The minimum absolute atomic E-state index is 0.145. The summed E-state index contributed by atoms with van der Waals surface area (Å²) in [6.07, 6.45) is 0.838. The van der Waals surface area contributed by atoms with Crippen LogP contribution in [0.3, 0.4) is 0 Å². The fourth-order valence-electron chi connectivity index (χ4n) is 3.81. The van der Waals surface area contributed by atoms with Gasteiger partial charge in [-0.25, -0.2) is 4.79 Å². The molecular weight excluding hydrogens is 338 g/mol. The number of carbonyl (C=O) groups is 2. The van der Waals surface area contributed by atoms with Crippen LogP contribution in [0.15, 0.2) is 24.3 Å². The molecule has 142 valence electrons. The van der Waals surface area contributed by atoms with Crippen LogP contribution in [0.4, 0.5) is 0 Å². The van der Waals surface area contributed by atoms with Gasteiger partial charge in [-0.05, 0) is 80.0 Å². The molecular formula is C23H27NO3. The van der Waals surface area contributed by atoms with E-state index in [0.717, 1.165) is 28.7 Å². The number of hydrogen-bond acceptors (Lipinski definition) is 3. The van der Waals surface area contributed by atoms with Gasteiger partial charge in [0.25, 0.3) is 5.91 Å². The number of hydrogen-bond donors (Lipinski definition) is 0. The van der Waals surface area contributed by atoms with Crippen molar-refractivity contribution >= 4 is 11.9 Å². The normalized spacial score (nSPS) is 13.3. The SMILES string of the molecule is Cc1c(C)c(C)c(C(=O)OCC(=O)N2CCc3ccccc3C2)c(C)c1C. The highest BCUT2D eigenvalue weighted by molar-refractivity contribution is 5.95. The predicted octanol–water partition coefficient (Wildman–Crippen LogP) is 3.97. The Morgan fingerprint density at radius 3 is 2.07 bits per heavy atom. The van der Waals surface area contributed by atoms with Gasteiger partial charge in [0.2, 0.25) is 0 Å². The number of benzene rings is 2. The summed E-state index contributed by atoms with van der Waals surface area (Å²) in [7, 11) is 0. The summed E-state index contributed by atoms with van der Waals surface area (Å²) in [4.78, 5) is 27.0. The minimum atomic E-state index is -0.415. The van der Waals surface area contributed by atoms with E-state index in [2.05, 4.69) is 13.0 Å². The third kappa shape index (κ3) is 3.61. The molecule has 0 atom stereocenters. The summed E-state index contributed by atoms with van der Waals surface area (Å²) in [6.45, 7) is 11.0. The molecule has 4 nitrogen and oxygen atoms in total. The van der Waals surface area contributed by atoms with Crippen LogP contribution in [0.25, 0.3) is 0 Å². The second kappa shape index (κ2) is 7.55. The summed E-state index contributed by atoms with van der Waals surface area (Å²) < 4.78 is 5.41. The molecule has 1 heterocycles. The number of carbonyl (C=O) groups excluding carboxylic acids is 2. The Kier molecular flexibility index (Phi) is 5.36. The van der Waals surface area contributed by atoms with Gasteiger partial charge in [-0.15, -0.1) is 0 Å². The lowest BCUT2D eigenvalue weighted by Crippen LogP contribution is -2.38. The van der Waals surface area contributed by atoms with Crippen molar-refractivity contribution in [3.05, 3.63) is 68.8 Å². The summed E-state index contributed by atoms with van der Waals surface area (Å²) in [5, 5.41) is 0. The van der Waals surface area contributed by atoms with E-state index >= 15 is 0 Å². The van der Waals surface area contributed by atoms with Crippen LogP contribution in [0.5, 0.6) is 0 Å². The van der Waals surface area contributed by atoms with E-state index in [0.29, 0.717) is 18.7 Å². The van der Waals surface area contributed by atoms with Gasteiger partial charge in [0.1, 0.15) is 0 Å². The van der Waals surface area contributed by atoms with Crippen LogP contribution >= 0.6 is 0 Å². The molecule has 27 heavy (non-hydrogen) atoms. The fraction of sp³-hybridized carbons (Fsp3) is 0.391. The van der Waals surface area contributed by atoms with Crippen LogP contribution in [0.2, 0.25) is 0 Å². The monoisotopic (exact) mass is 365 g/mol. The molecule has 0 aliphatic carbocycles. The molecule has 0 saturated carbocycles. The van der Waals surface area contributed by atoms with Crippen LogP contribution in [0, 0.1) is 34.6 Å². The lowest BCUT2D eigenvalue weighted by Gasteiger charge is -2.28. The summed E-state index contributed by atoms with van der Waals surface area (Å²) in [6, 6.07) is 8.16. The maximum Gasteiger partial charge on any atom is 0.339 e. The zero-order valence-electron chi connectivity index (χ0n) is 16.8. The van der Waals surface area contributed by atoms with E-state index in [1.54, 1.807) is 4.90 Å². The standard InChI is InChI=1S/C23H27NO3/c1-14-15(2)17(4)22(18(5)16(14)3)23(26)27-13-21(25)24-11-10-19-8-6-7-9-20(19)12-24/h6-9H,10-13H2,1-5H3. The molecule has 0 N–H and O–H groups in total. The van der Waals surface area contributed by atoms with Gasteiger partial charge >= 0.3 is 5.97 Å². The molecule has 0 radical (unpaired) electrons. The number of amides is 1. The van der Waals surface area contributed by atoms with E-state index in [1.165, 1.54) is 16.7 Å². The Morgan fingerprint density at radius 1 is 0.889 bits per heavy atom. The maximum atomic E-state index is 12.7. The molecule has 1 aliphatic rings. The van der Waals surface area contributed by atoms with E-state index in [9.17, 15) is 9.59 Å². The Bertz CT molecular complexity index is 885. The molecule has 3 rings (SSSR count). The highest BCUT2D eigenvalue weighted by Crippen LogP contribution is 2.26. The smallest absolute Gasteiger partial charge is 0.339 e. The lowest BCUT2D eigenvalue weighted by atomic mass is 9.90. The van der Waals surface area contributed by atoms with Crippen molar-refractivity contribution in [2.75, 3.05) is 13.2 Å². The van der Waals surface area contributed by atoms with Gasteiger partial charge in [0.15, 0.2) is 6.61 Å². The number of nitrogens with zero attached hydrogens (tertiary/aromatic N) is 1. The second-order valence-electron chi connectivity index (χ2n) is 7.41. The molecule has 0 bridgehead atoms. The minimum Gasteiger partial charge on any atom is -0.452 e. The van der Waals surface area contributed by atoms with Crippen molar-refractivity contribution in [2.45, 2.75) is 47.6 Å². The van der Waals surface area contributed by atoms with Gasteiger partial charge in [-0.1, -0.05) is 24.3 Å². The quantitative estimate of drug-likeness (QED) is 0.773. The number of ether oxygens (including phenoxy) is 1. The van der Waals surface area contributed by atoms with E-state index in [4.69, 9.17) is 4.74 Å². The van der Waals surface area contributed by atoms with Crippen LogP contribution in [-0.2, 0) is 22.5 Å². The van der Waals surface area contributed by atoms with Crippen molar-refractivity contribution < 1.29 is 14.3 Å². The molecule has 2 aromatic carbocycles. The lowest BCUT2D eigenvalue weighted by molar-refractivity contribution is -0.135. The first-order valence-corrected chi connectivity index (χ1v) is 9.40. The number of fused-ring (bicyclic) bond motifs is 1. The van der Waals surface area contributed by atoms with Crippen molar-refractivity contribution in [1.82, 2.24) is 4.90 Å². The van der Waals surface area contributed by atoms with Gasteiger partial charge in [0, 0.05) is 13.1 Å². The molecule has 1 aliphatic heterocycles. The molecule has 0 spiro atoms. The zero-order valence-corrected chi connectivity index (χ0v) is 16.8. The van der Waals surface area contributed by atoms with Crippen molar-refractivity contribution in [2.24, 2.45) is 0 Å². The third-order valence-electron chi connectivity index (χ3n) is 6.01. The maximum absolute atomic E-state index is 12.7. The Labute approximate surface area is 161 Å². The number of rotatable bonds is 3. The van der Waals surface area contributed by atoms with Gasteiger partial charge in [-0.3, -0.25) is 4.79 Å². The molecule has 4 heteroatoms. The average Bonchev–Trinajstić information content (AvgIpc) is 2.68. The summed E-state index contributed by atoms with van der Waals surface area (Å²) >= 11 is 0. The third-order valence-corrected chi connectivity index (χ3v) is 6.01. The molecule has 0 fully saturated rings. The highest BCUT2D eigenvalue weighted by atomic mass is 16.5. The van der Waals surface area contributed by atoms with Crippen molar-refractivity contribution in [3.8, 4) is 0 Å². The highest BCUT2D eigenvalue weighted by Gasteiger charge is 2.23. The Balaban J connectivity index is 1.69. The Morgan fingerprint density at radius 2 is 1.44 bits per heavy atom. The molecule has 0 saturated heterocycles. The fourth-order valence-corrected chi connectivity index (χ4v) is 3.81. The van der Waals surface area contributed by atoms with E-state index in [1.807, 2.05) is 45.9 Å². The van der Waals surface area contributed by atoms with E-state index in [-0.39, 0.29) is 12.5 Å². The van der Waals surface area contributed by atoms with Crippen LogP contribution in [0.1, 0.15) is 49.3 Å². The Hall–Kier alpha value is -2.62. The van der Waals surface area contributed by atoms with Gasteiger partial charge < -0.3 is 9.64 Å².